The van der Waals surface area contributed by atoms with Gasteiger partial charge in [-0.2, -0.15) is 47.9 Å². The molecule has 1 aromatic carbocycles. The summed E-state index contributed by atoms with van der Waals surface area (Å²) in [4.78, 5) is 0. The van der Waals surface area contributed by atoms with E-state index >= 15 is 0 Å². The van der Waals surface area contributed by atoms with Crippen molar-refractivity contribution in [2.24, 2.45) is 0 Å². The van der Waals surface area contributed by atoms with Crippen molar-refractivity contribution in [3.05, 3.63) is 35.9 Å². The van der Waals surface area contributed by atoms with Gasteiger partial charge in [-0.25, -0.2) is 0 Å². The predicted molar refractivity (Wildman–Crippen MR) is 95.7 cm³/mol. The molecule has 0 radical (unpaired) electrons. The van der Waals surface area contributed by atoms with E-state index in [1.165, 1.54) is 40.7 Å². The Labute approximate surface area is 130 Å². The Kier molecular flexibility index (Phi) is 11.7. The Balaban J connectivity index is 1.82. The summed E-state index contributed by atoms with van der Waals surface area (Å²) in [5.41, 5.74) is 1.44. The molecule has 4 heteroatoms. The first-order valence-corrected chi connectivity index (χ1v) is 10.4. The zero-order valence-electron chi connectivity index (χ0n) is 10.7. The Hall–Kier alpha value is 0.620. The number of benzene rings is 1. The van der Waals surface area contributed by atoms with E-state index in [1.54, 1.807) is 0 Å². The summed E-state index contributed by atoms with van der Waals surface area (Å²) in [5, 5.41) is 0. The smallest absolute Gasteiger partial charge is 0.0184 e. The van der Waals surface area contributed by atoms with E-state index in [9.17, 15) is 0 Å². The lowest BCUT2D eigenvalue weighted by molar-refractivity contribution is 1.12. The molecule has 0 aliphatic rings. The number of hydrogen-bond acceptors (Lipinski definition) is 4. The van der Waals surface area contributed by atoms with Gasteiger partial charge in [0.1, 0.15) is 0 Å². The van der Waals surface area contributed by atoms with Crippen LogP contribution in [0, 0.1) is 0 Å². The van der Waals surface area contributed by atoms with Gasteiger partial charge in [-0.3, -0.25) is 0 Å². The molecule has 0 fully saturated rings. The second kappa shape index (κ2) is 12.6. The third-order valence-electron chi connectivity index (χ3n) is 2.30. The van der Waals surface area contributed by atoms with Crippen molar-refractivity contribution in [1.29, 1.82) is 0 Å². The third-order valence-corrected chi connectivity index (χ3v) is 6.25. The summed E-state index contributed by atoms with van der Waals surface area (Å²) in [6.45, 7) is 0. The Morgan fingerprint density at radius 2 is 1.44 bits per heavy atom. The van der Waals surface area contributed by atoms with E-state index < -0.39 is 0 Å². The second-order valence-corrected chi connectivity index (χ2v) is 7.84. The highest BCUT2D eigenvalue weighted by Crippen LogP contribution is 2.15. The van der Waals surface area contributed by atoms with Crippen molar-refractivity contribution >= 4 is 47.9 Å². The molecule has 102 valence electrons. The first kappa shape index (κ1) is 16.7. The highest BCUT2D eigenvalue weighted by Gasteiger charge is 1.94. The minimum atomic E-state index is 1.01. The van der Waals surface area contributed by atoms with Crippen molar-refractivity contribution < 1.29 is 0 Å². The maximum atomic E-state index is 4.20. The maximum Gasteiger partial charge on any atom is 0.0184 e. The summed E-state index contributed by atoms with van der Waals surface area (Å²) >= 11 is 10.4. The monoisotopic (exact) mass is 318 g/mol. The van der Waals surface area contributed by atoms with Gasteiger partial charge >= 0.3 is 0 Å². The van der Waals surface area contributed by atoms with E-state index in [0.29, 0.717) is 0 Å². The quantitative estimate of drug-likeness (QED) is 0.464. The molecule has 0 atom stereocenters. The van der Waals surface area contributed by atoms with Crippen LogP contribution >= 0.6 is 47.9 Å². The molecule has 0 bridgehead atoms. The topological polar surface area (TPSA) is 0 Å². The molecule has 0 nitrogen and oxygen atoms in total. The molecule has 0 saturated heterocycles. The molecule has 0 heterocycles. The van der Waals surface area contributed by atoms with Crippen molar-refractivity contribution in [2.45, 2.75) is 12.2 Å². The summed E-state index contributed by atoms with van der Waals surface area (Å²) in [7, 11) is 0. The van der Waals surface area contributed by atoms with Crippen LogP contribution in [0.4, 0.5) is 0 Å². The van der Waals surface area contributed by atoms with Crippen molar-refractivity contribution in [2.75, 3.05) is 34.5 Å². The fourth-order valence-electron chi connectivity index (χ4n) is 1.41. The first-order valence-electron chi connectivity index (χ1n) is 6.31. The van der Waals surface area contributed by atoms with Crippen molar-refractivity contribution in [3.8, 4) is 0 Å². The van der Waals surface area contributed by atoms with Crippen LogP contribution in [-0.4, -0.2) is 34.5 Å². The van der Waals surface area contributed by atoms with Crippen LogP contribution in [0.15, 0.2) is 30.3 Å². The average Bonchev–Trinajstić information content (AvgIpc) is 2.42. The van der Waals surface area contributed by atoms with E-state index in [-0.39, 0.29) is 0 Å². The molecule has 0 aromatic heterocycles. The van der Waals surface area contributed by atoms with Crippen LogP contribution in [0.25, 0.3) is 0 Å². The van der Waals surface area contributed by atoms with Gasteiger partial charge in [-0.15, -0.1) is 0 Å². The Morgan fingerprint density at radius 3 is 2.17 bits per heavy atom. The molecule has 1 rings (SSSR count). The van der Waals surface area contributed by atoms with Gasteiger partial charge in [0.05, 0.1) is 0 Å². The molecule has 0 spiro atoms. The Morgan fingerprint density at radius 1 is 0.778 bits per heavy atom. The summed E-state index contributed by atoms with van der Waals surface area (Å²) in [6.07, 6.45) is 1.34. The molecule has 1 aromatic rings. The van der Waals surface area contributed by atoms with Crippen LogP contribution in [-0.2, 0) is 5.75 Å². The number of hydrogen-bond donors (Lipinski definition) is 1. The number of rotatable bonds is 11. The van der Waals surface area contributed by atoms with Crippen LogP contribution in [0.5, 0.6) is 0 Å². The molecule has 0 N–H and O–H groups in total. The maximum absolute atomic E-state index is 4.20. The van der Waals surface area contributed by atoms with Crippen molar-refractivity contribution in [1.82, 2.24) is 0 Å². The van der Waals surface area contributed by atoms with Gasteiger partial charge in [0.2, 0.25) is 0 Å². The van der Waals surface area contributed by atoms with Gasteiger partial charge in [0.25, 0.3) is 0 Å². The number of thioether (sulfide) groups is 3. The van der Waals surface area contributed by atoms with Crippen LogP contribution in [0.2, 0.25) is 0 Å². The van der Waals surface area contributed by atoms with E-state index in [0.717, 1.165) is 11.5 Å². The number of thiol groups is 1. The van der Waals surface area contributed by atoms with Crippen molar-refractivity contribution in [3.63, 3.8) is 0 Å². The van der Waals surface area contributed by atoms with E-state index in [4.69, 9.17) is 0 Å². The normalized spacial score (nSPS) is 10.7. The first-order chi connectivity index (χ1) is 8.93. The molecular formula is C14H22S4. The second-order valence-electron chi connectivity index (χ2n) is 3.84. The zero-order valence-corrected chi connectivity index (χ0v) is 14.1. The molecule has 0 aliphatic carbocycles. The van der Waals surface area contributed by atoms with Crippen LogP contribution < -0.4 is 0 Å². The van der Waals surface area contributed by atoms with Crippen LogP contribution in [0.1, 0.15) is 12.0 Å². The molecule has 0 aliphatic heterocycles. The largest absolute Gasteiger partial charge is 0.179 e. The van der Waals surface area contributed by atoms with Gasteiger partial charge in [0, 0.05) is 23.0 Å². The summed E-state index contributed by atoms with van der Waals surface area (Å²) in [5.74, 6) is 8.52. The third kappa shape index (κ3) is 9.54. The lowest BCUT2D eigenvalue weighted by Gasteiger charge is -2.03. The fourth-order valence-corrected chi connectivity index (χ4v) is 4.73. The molecule has 0 saturated carbocycles. The highest BCUT2D eigenvalue weighted by atomic mass is 32.2. The molecule has 0 unspecified atom stereocenters. The van der Waals surface area contributed by atoms with Gasteiger partial charge < -0.3 is 0 Å². The van der Waals surface area contributed by atoms with E-state index in [1.807, 2.05) is 23.5 Å². The standard InChI is InChI=1S/C14H22S4/c15-7-10-16-8-4-9-17-11-12-18-13-14-5-2-1-3-6-14/h1-3,5-6,15H,4,7-13H2. The van der Waals surface area contributed by atoms with E-state index in [2.05, 4.69) is 54.7 Å². The predicted octanol–water partition coefficient (Wildman–Crippen LogP) is 4.71. The molecule has 18 heavy (non-hydrogen) atoms. The van der Waals surface area contributed by atoms with Gasteiger partial charge in [-0.1, -0.05) is 30.3 Å². The van der Waals surface area contributed by atoms with Gasteiger partial charge in [0.15, 0.2) is 0 Å². The summed E-state index contributed by atoms with van der Waals surface area (Å²) < 4.78 is 0. The minimum Gasteiger partial charge on any atom is -0.179 e. The highest BCUT2D eigenvalue weighted by molar-refractivity contribution is 8.02. The van der Waals surface area contributed by atoms with Crippen LogP contribution in [0.3, 0.4) is 0 Å². The SMILES string of the molecule is SCCSCCCSCCSCc1ccccc1. The van der Waals surface area contributed by atoms with Gasteiger partial charge in [-0.05, 0) is 29.2 Å². The summed E-state index contributed by atoms with van der Waals surface area (Å²) in [6, 6.07) is 10.7. The lowest BCUT2D eigenvalue weighted by Crippen LogP contribution is -1.91. The zero-order chi connectivity index (χ0) is 12.9. The lowest BCUT2D eigenvalue weighted by atomic mass is 10.2. The minimum absolute atomic E-state index is 1.01. The molecule has 0 amide bonds. The molecular weight excluding hydrogens is 296 g/mol. The Bertz CT molecular complexity index is 276. The fraction of sp³-hybridized carbons (Fsp3) is 0.571. The average molecular weight is 319 g/mol.